The number of amides is 1. The summed E-state index contributed by atoms with van der Waals surface area (Å²) in [5.74, 6) is 1.08. The van der Waals surface area contributed by atoms with E-state index in [2.05, 4.69) is 30.7 Å². The Labute approximate surface area is 163 Å². The lowest BCUT2D eigenvalue weighted by molar-refractivity contribution is 0.0941. The molecule has 0 aliphatic carbocycles. The molecule has 0 unspecified atom stereocenters. The standard InChI is InChI=1S/C20H22N6O2/c27-20(18-13-23-19(14-22-18)26-9-4-7-21-8-10-26)24-12-16-11-17(25-28-16)15-5-2-1-3-6-15/h1-3,5-6,11,13-14,21H,4,7-10,12H2,(H,24,27). The van der Waals surface area contributed by atoms with Gasteiger partial charge in [0.2, 0.25) is 0 Å². The summed E-state index contributed by atoms with van der Waals surface area (Å²) in [5, 5.41) is 10.2. The highest BCUT2D eigenvalue weighted by atomic mass is 16.5. The van der Waals surface area contributed by atoms with Gasteiger partial charge in [0.25, 0.3) is 5.91 Å². The third kappa shape index (κ3) is 4.34. The van der Waals surface area contributed by atoms with E-state index in [1.165, 1.54) is 6.20 Å². The minimum absolute atomic E-state index is 0.236. The molecule has 3 heterocycles. The Morgan fingerprint density at radius 2 is 2.04 bits per heavy atom. The summed E-state index contributed by atoms with van der Waals surface area (Å²) in [5.41, 5.74) is 1.98. The Morgan fingerprint density at radius 1 is 1.14 bits per heavy atom. The zero-order valence-electron chi connectivity index (χ0n) is 15.5. The van der Waals surface area contributed by atoms with E-state index < -0.39 is 0 Å². The van der Waals surface area contributed by atoms with Gasteiger partial charge in [-0.1, -0.05) is 35.5 Å². The maximum atomic E-state index is 12.3. The minimum Gasteiger partial charge on any atom is -0.359 e. The third-order valence-electron chi connectivity index (χ3n) is 4.59. The Bertz CT molecular complexity index is 902. The van der Waals surface area contributed by atoms with Gasteiger partial charge in [-0.2, -0.15) is 0 Å². The summed E-state index contributed by atoms with van der Waals surface area (Å²) < 4.78 is 5.30. The van der Waals surface area contributed by atoms with Crippen molar-refractivity contribution in [2.45, 2.75) is 13.0 Å². The fraction of sp³-hybridized carbons (Fsp3) is 0.300. The average molecular weight is 378 g/mol. The van der Waals surface area contributed by atoms with E-state index in [4.69, 9.17) is 4.52 Å². The number of carbonyl (C=O) groups is 1. The van der Waals surface area contributed by atoms with Gasteiger partial charge in [-0.3, -0.25) is 4.79 Å². The second-order valence-electron chi connectivity index (χ2n) is 6.58. The molecule has 4 rings (SSSR count). The molecule has 1 amide bonds. The van der Waals surface area contributed by atoms with E-state index in [1.807, 2.05) is 36.4 Å². The van der Waals surface area contributed by atoms with Crippen LogP contribution in [0.3, 0.4) is 0 Å². The van der Waals surface area contributed by atoms with Crippen LogP contribution in [0.2, 0.25) is 0 Å². The van der Waals surface area contributed by atoms with Crippen molar-refractivity contribution < 1.29 is 9.32 Å². The Morgan fingerprint density at radius 3 is 2.86 bits per heavy atom. The number of carbonyl (C=O) groups excluding carboxylic acids is 1. The summed E-state index contributed by atoms with van der Waals surface area (Å²) in [6.45, 7) is 3.99. The number of rotatable bonds is 5. The fourth-order valence-corrected chi connectivity index (χ4v) is 3.08. The zero-order chi connectivity index (χ0) is 19.2. The van der Waals surface area contributed by atoms with Crippen LogP contribution in [0.1, 0.15) is 22.7 Å². The summed E-state index contributed by atoms with van der Waals surface area (Å²) in [6.07, 6.45) is 4.23. The molecule has 0 spiro atoms. The van der Waals surface area contributed by atoms with Crippen molar-refractivity contribution in [2.75, 3.05) is 31.1 Å². The highest BCUT2D eigenvalue weighted by Crippen LogP contribution is 2.18. The van der Waals surface area contributed by atoms with E-state index in [-0.39, 0.29) is 18.1 Å². The Hall–Kier alpha value is -3.26. The van der Waals surface area contributed by atoms with Crippen molar-refractivity contribution in [1.82, 2.24) is 25.8 Å². The molecule has 8 nitrogen and oxygen atoms in total. The van der Waals surface area contributed by atoms with E-state index in [9.17, 15) is 4.79 Å². The van der Waals surface area contributed by atoms with Crippen molar-refractivity contribution in [3.05, 3.63) is 60.2 Å². The van der Waals surface area contributed by atoms with E-state index in [1.54, 1.807) is 6.20 Å². The number of hydrogen-bond acceptors (Lipinski definition) is 7. The van der Waals surface area contributed by atoms with Gasteiger partial charge in [0.05, 0.1) is 18.9 Å². The number of nitrogens with zero attached hydrogens (tertiary/aromatic N) is 4. The van der Waals surface area contributed by atoms with E-state index >= 15 is 0 Å². The first kappa shape index (κ1) is 18.1. The number of benzene rings is 1. The molecule has 144 valence electrons. The van der Waals surface area contributed by atoms with Crippen molar-refractivity contribution in [3.8, 4) is 11.3 Å². The molecule has 2 N–H and O–H groups in total. The molecule has 3 aromatic rings. The molecule has 28 heavy (non-hydrogen) atoms. The first-order chi connectivity index (χ1) is 13.8. The van der Waals surface area contributed by atoms with Crippen molar-refractivity contribution in [2.24, 2.45) is 0 Å². The van der Waals surface area contributed by atoms with Gasteiger partial charge in [0.1, 0.15) is 17.2 Å². The number of hydrogen-bond donors (Lipinski definition) is 2. The first-order valence-corrected chi connectivity index (χ1v) is 9.36. The molecule has 8 heteroatoms. The quantitative estimate of drug-likeness (QED) is 0.699. The Balaban J connectivity index is 1.34. The average Bonchev–Trinajstić information content (AvgIpc) is 3.06. The summed E-state index contributed by atoms with van der Waals surface area (Å²) in [4.78, 5) is 23.2. The molecule has 1 aliphatic rings. The molecule has 0 atom stereocenters. The monoisotopic (exact) mass is 378 g/mol. The number of nitrogens with one attached hydrogen (secondary N) is 2. The van der Waals surface area contributed by atoms with Crippen molar-refractivity contribution in [1.29, 1.82) is 0 Å². The second kappa shape index (κ2) is 8.62. The molecule has 1 aromatic carbocycles. The second-order valence-corrected chi connectivity index (χ2v) is 6.58. The summed E-state index contributed by atoms with van der Waals surface area (Å²) >= 11 is 0. The first-order valence-electron chi connectivity index (χ1n) is 9.36. The summed E-state index contributed by atoms with van der Waals surface area (Å²) in [7, 11) is 0. The lowest BCUT2D eigenvalue weighted by Crippen LogP contribution is -2.29. The lowest BCUT2D eigenvalue weighted by atomic mass is 10.1. The molecule has 2 aromatic heterocycles. The van der Waals surface area contributed by atoms with Crippen LogP contribution in [0.15, 0.2) is 53.3 Å². The van der Waals surface area contributed by atoms with Crippen LogP contribution in [0.5, 0.6) is 0 Å². The maximum Gasteiger partial charge on any atom is 0.271 e. The molecule has 1 saturated heterocycles. The van der Waals surface area contributed by atoms with Crippen LogP contribution < -0.4 is 15.5 Å². The minimum atomic E-state index is -0.297. The van der Waals surface area contributed by atoms with Crippen LogP contribution in [0.4, 0.5) is 5.82 Å². The largest absolute Gasteiger partial charge is 0.359 e. The van der Waals surface area contributed by atoms with Crippen molar-refractivity contribution >= 4 is 11.7 Å². The molecular formula is C20H22N6O2. The van der Waals surface area contributed by atoms with Gasteiger partial charge >= 0.3 is 0 Å². The van der Waals surface area contributed by atoms with E-state index in [0.29, 0.717) is 5.76 Å². The third-order valence-corrected chi connectivity index (χ3v) is 4.59. The predicted molar refractivity (Wildman–Crippen MR) is 105 cm³/mol. The predicted octanol–water partition coefficient (Wildman–Crippen LogP) is 1.86. The molecule has 1 fully saturated rings. The van der Waals surface area contributed by atoms with Crippen LogP contribution in [-0.4, -0.2) is 47.2 Å². The molecule has 0 radical (unpaired) electrons. The highest BCUT2D eigenvalue weighted by Gasteiger charge is 2.14. The van der Waals surface area contributed by atoms with Gasteiger partial charge < -0.3 is 20.1 Å². The molecule has 0 bridgehead atoms. The normalized spacial score (nSPS) is 14.5. The van der Waals surface area contributed by atoms with Gasteiger partial charge in [-0.05, 0) is 13.0 Å². The van der Waals surface area contributed by atoms with Crippen LogP contribution in [0, 0.1) is 0 Å². The SMILES string of the molecule is O=C(NCc1cc(-c2ccccc2)no1)c1cnc(N2CCCNCC2)cn1. The summed E-state index contributed by atoms with van der Waals surface area (Å²) in [6, 6.07) is 11.6. The van der Waals surface area contributed by atoms with Gasteiger partial charge in [-0.25, -0.2) is 9.97 Å². The number of aromatic nitrogens is 3. The molecule has 0 saturated carbocycles. The smallest absolute Gasteiger partial charge is 0.271 e. The number of anilines is 1. The van der Waals surface area contributed by atoms with Crippen LogP contribution >= 0.6 is 0 Å². The fourth-order valence-electron chi connectivity index (χ4n) is 3.08. The molecular weight excluding hydrogens is 356 g/mol. The highest BCUT2D eigenvalue weighted by molar-refractivity contribution is 5.91. The van der Waals surface area contributed by atoms with Gasteiger partial charge in [-0.15, -0.1) is 0 Å². The van der Waals surface area contributed by atoms with Crippen LogP contribution in [-0.2, 0) is 6.54 Å². The topological polar surface area (TPSA) is 96.2 Å². The zero-order valence-corrected chi connectivity index (χ0v) is 15.5. The van der Waals surface area contributed by atoms with Crippen molar-refractivity contribution in [3.63, 3.8) is 0 Å². The Kier molecular flexibility index (Phi) is 5.58. The molecule has 1 aliphatic heterocycles. The maximum absolute atomic E-state index is 12.3. The lowest BCUT2D eigenvalue weighted by Gasteiger charge is -2.20. The van der Waals surface area contributed by atoms with Gasteiger partial charge in [0, 0.05) is 31.3 Å². The van der Waals surface area contributed by atoms with Gasteiger partial charge in [0.15, 0.2) is 5.76 Å². The van der Waals surface area contributed by atoms with Crippen LogP contribution in [0.25, 0.3) is 11.3 Å². The van der Waals surface area contributed by atoms with E-state index in [0.717, 1.165) is 49.7 Å².